The molecule has 6 nitrogen and oxygen atoms in total. The van der Waals surface area contributed by atoms with E-state index in [2.05, 4.69) is 5.32 Å². The smallest absolute Gasteiger partial charge is 0.266 e. The molecule has 0 bridgehead atoms. The molecule has 168 valence electrons. The van der Waals surface area contributed by atoms with Gasteiger partial charge in [-0.1, -0.05) is 29.8 Å². The fraction of sp³-hybridized carbons (Fsp3) is 0.154. The van der Waals surface area contributed by atoms with Gasteiger partial charge in [-0.3, -0.25) is 4.79 Å². The number of rotatable bonds is 9. The van der Waals surface area contributed by atoms with Crippen LogP contribution in [-0.4, -0.2) is 19.6 Å². The van der Waals surface area contributed by atoms with Crippen LogP contribution < -0.4 is 19.5 Å². The lowest BCUT2D eigenvalue weighted by atomic mass is 10.1. The SMILES string of the molecule is CCOc1cc(/C=C(\C#N)C(=O)Nc2ccc(OC)cc2)ccc1OCc1cccc(Cl)c1. The third-order valence-corrected chi connectivity index (χ3v) is 4.81. The van der Waals surface area contributed by atoms with E-state index in [0.717, 1.165) is 5.56 Å². The molecule has 0 aromatic heterocycles. The van der Waals surface area contributed by atoms with Crippen molar-refractivity contribution in [3.63, 3.8) is 0 Å². The number of benzene rings is 3. The number of carbonyl (C=O) groups excluding carboxylic acids is 1. The van der Waals surface area contributed by atoms with Gasteiger partial charge in [0.05, 0.1) is 13.7 Å². The molecule has 1 amide bonds. The lowest BCUT2D eigenvalue weighted by Gasteiger charge is -2.13. The summed E-state index contributed by atoms with van der Waals surface area (Å²) in [6, 6.07) is 21.4. The number of hydrogen-bond acceptors (Lipinski definition) is 5. The Morgan fingerprint density at radius 1 is 1.06 bits per heavy atom. The van der Waals surface area contributed by atoms with Gasteiger partial charge >= 0.3 is 0 Å². The number of anilines is 1. The highest BCUT2D eigenvalue weighted by Gasteiger charge is 2.12. The Balaban J connectivity index is 1.76. The molecule has 1 N–H and O–H groups in total. The second kappa shape index (κ2) is 11.6. The van der Waals surface area contributed by atoms with Crippen LogP contribution >= 0.6 is 11.6 Å². The highest BCUT2D eigenvalue weighted by atomic mass is 35.5. The van der Waals surface area contributed by atoms with Gasteiger partial charge < -0.3 is 19.5 Å². The lowest BCUT2D eigenvalue weighted by molar-refractivity contribution is -0.112. The van der Waals surface area contributed by atoms with Crippen LogP contribution in [0, 0.1) is 11.3 Å². The molecule has 0 saturated carbocycles. The van der Waals surface area contributed by atoms with E-state index in [1.165, 1.54) is 6.08 Å². The van der Waals surface area contributed by atoms with Crippen LogP contribution in [0.5, 0.6) is 17.2 Å². The zero-order valence-electron chi connectivity index (χ0n) is 18.3. The minimum absolute atomic E-state index is 0.0409. The van der Waals surface area contributed by atoms with Crippen molar-refractivity contribution in [3.05, 3.63) is 88.5 Å². The van der Waals surface area contributed by atoms with Crippen LogP contribution in [0.4, 0.5) is 5.69 Å². The minimum Gasteiger partial charge on any atom is -0.497 e. The average Bonchev–Trinajstić information content (AvgIpc) is 2.82. The van der Waals surface area contributed by atoms with E-state index in [1.807, 2.05) is 31.2 Å². The molecule has 0 aliphatic rings. The average molecular weight is 463 g/mol. The molecular weight excluding hydrogens is 440 g/mol. The van der Waals surface area contributed by atoms with E-state index >= 15 is 0 Å². The molecule has 0 saturated heterocycles. The number of methoxy groups -OCH3 is 1. The third-order valence-electron chi connectivity index (χ3n) is 4.57. The van der Waals surface area contributed by atoms with Crippen molar-refractivity contribution in [1.82, 2.24) is 0 Å². The minimum atomic E-state index is -0.512. The van der Waals surface area contributed by atoms with Crippen LogP contribution in [0.3, 0.4) is 0 Å². The number of nitrogens with one attached hydrogen (secondary N) is 1. The van der Waals surface area contributed by atoms with Crippen molar-refractivity contribution >= 4 is 29.3 Å². The van der Waals surface area contributed by atoms with Crippen LogP contribution in [0.15, 0.2) is 72.3 Å². The first kappa shape index (κ1) is 23.7. The Morgan fingerprint density at radius 3 is 2.52 bits per heavy atom. The quantitative estimate of drug-likeness (QED) is 0.317. The summed E-state index contributed by atoms with van der Waals surface area (Å²) in [6.07, 6.45) is 1.50. The maximum atomic E-state index is 12.6. The molecule has 0 atom stereocenters. The van der Waals surface area contributed by atoms with Gasteiger partial charge in [-0.2, -0.15) is 5.26 Å². The second-order valence-corrected chi connectivity index (χ2v) is 7.35. The molecule has 0 unspecified atom stereocenters. The standard InChI is InChI=1S/C26H23ClN2O4/c1-3-32-25-15-18(7-12-24(25)33-17-19-5-4-6-21(27)14-19)13-20(16-28)26(30)29-22-8-10-23(31-2)11-9-22/h4-15H,3,17H2,1-2H3,(H,29,30)/b20-13+. The maximum absolute atomic E-state index is 12.6. The number of hydrogen-bond donors (Lipinski definition) is 1. The highest BCUT2D eigenvalue weighted by molar-refractivity contribution is 6.30. The molecule has 33 heavy (non-hydrogen) atoms. The van der Waals surface area contributed by atoms with E-state index in [4.69, 9.17) is 25.8 Å². The van der Waals surface area contributed by atoms with E-state index < -0.39 is 5.91 Å². The number of carbonyl (C=O) groups is 1. The Labute approximate surface area is 198 Å². The van der Waals surface area contributed by atoms with Gasteiger partial charge in [-0.15, -0.1) is 0 Å². The lowest BCUT2D eigenvalue weighted by Crippen LogP contribution is -2.13. The van der Waals surface area contributed by atoms with Crippen LogP contribution in [0.25, 0.3) is 6.08 Å². The van der Waals surface area contributed by atoms with E-state index in [1.54, 1.807) is 55.6 Å². The molecule has 3 aromatic rings. The van der Waals surface area contributed by atoms with Crippen molar-refractivity contribution in [3.8, 4) is 23.3 Å². The number of nitriles is 1. The fourth-order valence-electron chi connectivity index (χ4n) is 2.98. The van der Waals surface area contributed by atoms with Crippen LogP contribution in [0.2, 0.25) is 5.02 Å². The summed E-state index contributed by atoms with van der Waals surface area (Å²) in [6.45, 7) is 2.62. The number of amides is 1. The van der Waals surface area contributed by atoms with Crippen molar-refractivity contribution in [2.45, 2.75) is 13.5 Å². The van der Waals surface area contributed by atoms with E-state index in [9.17, 15) is 10.1 Å². The Kier molecular flexibility index (Phi) is 8.34. The Bertz CT molecular complexity index is 1180. The predicted octanol–water partition coefficient (Wildman–Crippen LogP) is 5.87. The zero-order valence-corrected chi connectivity index (χ0v) is 19.1. The summed E-state index contributed by atoms with van der Waals surface area (Å²) in [5.74, 6) is 1.23. The van der Waals surface area contributed by atoms with Gasteiger partial charge in [0.15, 0.2) is 11.5 Å². The second-order valence-electron chi connectivity index (χ2n) is 6.91. The summed E-state index contributed by atoms with van der Waals surface area (Å²) in [7, 11) is 1.56. The first-order valence-electron chi connectivity index (χ1n) is 10.2. The zero-order chi connectivity index (χ0) is 23.6. The topological polar surface area (TPSA) is 80.6 Å². The summed E-state index contributed by atoms with van der Waals surface area (Å²) in [4.78, 5) is 12.6. The molecule has 3 aromatic carbocycles. The van der Waals surface area contributed by atoms with Crippen LogP contribution in [-0.2, 0) is 11.4 Å². The normalized spacial score (nSPS) is 10.8. The number of halogens is 1. The summed E-state index contributed by atoms with van der Waals surface area (Å²) >= 11 is 6.03. The van der Waals surface area contributed by atoms with Crippen LogP contribution in [0.1, 0.15) is 18.1 Å². The molecular formula is C26H23ClN2O4. The third kappa shape index (κ3) is 6.76. The van der Waals surface area contributed by atoms with Crippen molar-refractivity contribution in [1.29, 1.82) is 5.26 Å². The largest absolute Gasteiger partial charge is 0.497 e. The maximum Gasteiger partial charge on any atom is 0.266 e. The molecule has 0 aliphatic carbocycles. The Morgan fingerprint density at radius 2 is 1.85 bits per heavy atom. The molecule has 3 rings (SSSR count). The van der Waals surface area contributed by atoms with Gasteiger partial charge in [0.25, 0.3) is 5.91 Å². The monoisotopic (exact) mass is 462 g/mol. The molecule has 0 fully saturated rings. The fourth-order valence-corrected chi connectivity index (χ4v) is 3.19. The number of ether oxygens (including phenoxy) is 3. The summed E-state index contributed by atoms with van der Waals surface area (Å²) in [5, 5.41) is 12.9. The van der Waals surface area contributed by atoms with Crippen molar-refractivity contribution < 1.29 is 19.0 Å². The highest BCUT2D eigenvalue weighted by Crippen LogP contribution is 2.30. The first-order chi connectivity index (χ1) is 16.0. The van der Waals surface area contributed by atoms with E-state index in [0.29, 0.717) is 46.7 Å². The molecule has 0 aliphatic heterocycles. The molecule has 7 heteroatoms. The molecule has 0 heterocycles. The van der Waals surface area contributed by atoms with Gasteiger partial charge in [-0.25, -0.2) is 0 Å². The molecule has 0 radical (unpaired) electrons. The van der Waals surface area contributed by atoms with Gasteiger partial charge in [0.2, 0.25) is 0 Å². The van der Waals surface area contributed by atoms with E-state index in [-0.39, 0.29) is 5.57 Å². The van der Waals surface area contributed by atoms with Gasteiger partial charge in [-0.05, 0) is 72.7 Å². The summed E-state index contributed by atoms with van der Waals surface area (Å²) < 4.78 is 16.7. The van der Waals surface area contributed by atoms with Crippen molar-refractivity contribution in [2.24, 2.45) is 0 Å². The summed E-state index contributed by atoms with van der Waals surface area (Å²) in [5.41, 5.74) is 2.08. The molecule has 0 spiro atoms. The Hall–Kier alpha value is -3.95. The predicted molar refractivity (Wildman–Crippen MR) is 129 cm³/mol. The number of nitrogens with zero attached hydrogens (tertiary/aromatic N) is 1. The van der Waals surface area contributed by atoms with Gasteiger partial charge in [0, 0.05) is 10.7 Å². The van der Waals surface area contributed by atoms with Gasteiger partial charge in [0.1, 0.15) is 24.0 Å². The van der Waals surface area contributed by atoms with Crippen molar-refractivity contribution in [2.75, 3.05) is 19.0 Å². The first-order valence-corrected chi connectivity index (χ1v) is 10.6.